The van der Waals surface area contributed by atoms with Gasteiger partial charge in [-0.1, -0.05) is 25.5 Å². The van der Waals surface area contributed by atoms with E-state index < -0.39 is 70.1 Å². The van der Waals surface area contributed by atoms with Crippen LogP contribution in [0.3, 0.4) is 0 Å². The van der Waals surface area contributed by atoms with E-state index in [1.54, 1.807) is 33.8 Å². The maximum absolute atomic E-state index is 14.4. The third-order valence-corrected chi connectivity index (χ3v) is 5.45. The molecule has 0 aromatic heterocycles. The summed E-state index contributed by atoms with van der Waals surface area (Å²) in [6.07, 6.45) is 1.07. The smallest absolute Gasteiger partial charge is 0.311 e. The van der Waals surface area contributed by atoms with Gasteiger partial charge >= 0.3 is 5.97 Å². The van der Waals surface area contributed by atoms with E-state index in [0.29, 0.717) is 0 Å². The van der Waals surface area contributed by atoms with Crippen LogP contribution in [0.5, 0.6) is 0 Å². The van der Waals surface area contributed by atoms with Crippen LogP contribution < -0.4 is 0 Å². The molecular weight excluding hydrogens is 352 g/mol. The lowest BCUT2D eigenvalue weighted by Gasteiger charge is -2.18. The van der Waals surface area contributed by atoms with E-state index in [0.717, 1.165) is 12.7 Å². The van der Waals surface area contributed by atoms with Crippen LogP contribution in [0, 0.1) is 40.0 Å². The molecule has 1 N–H and O–H groups in total. The predicted octanol–water partition coefficient (Wildman–Crippen LogP) is 4.63. The molecule has 1 aromatic rings. The maximum Gasteiger partial charge on any atom is 0.311 e. The molecule has 0 saturated heterocycles. The van der Waals surface area contributed by atoms with E-state index in [9.17, 15) is 27.5 Å². The minimum absolute atomic E-state index is 0.513. The summed E-state index contributed by atoms with van der Waals surface area (Å²) in [4.78, 5) is 12.0. The molecule has 7 heteroatoms. The predicted molar refractivity (Wildman–Crippen MR) is 87.5 cm³/mol. The molecule has 1 aliphatic carbocycles. The molecule has 1 aliphatic rings. The number of hydrogen-bond acceptors (Lipinski definition) is 2. The van der Waals surface area contributed by atoms with Crippen LogP contribution in [0.4, 0.5) is 17.6 Å². The Balaban J connectivity index is 2.60. The lowest BCUT2D eigenvalue weighted by atomic mass is 9.87. The van der Waals surface area contributed by atoms with Crippen LogP contribution >= 0.6 is 0 Å². The highest BCUT2D eigenvalue weighted by Gasteiger charge is 2.74. The summed E-state index contributed by atoms with van der Waals surface area (Å²) in [6, 6.07) is 0. The van der Waals surface area contributed by atoms with Crippen molar-refractivity contribution in [1.29, 1.82) is 0 Å². The largest absolute Gasteiger partial charge is 0.481 e. The van der Waals surface area contributed by atoms with Gasteiger partial charge in [-0.2, -0.15) is 0 Å². The highest BCUT2D eigenvalue weighted by Crippen LogP contribution is 2.71. The Morgan fingerprint density at radius 1 is 1.08 bits per heavy atom. The highest BCUT2D eigenvalue weighted by atomic mass is 19.2. The fourth-order valence-corrected chi connectivity index (χ4v) is 3.83. The number of allylic oxidation sites excluding steroid dienone is 2. The molecule has 0 amide bonds. The molecule has 0 radical (unpaired) electrons. The van der Waals surface area contributed by atoms with Crippen molar-refractivity contribution >= 4 is 5.97 Å². The molecule has 144 valence electrons. The molecule has 1 aromatic carbocycles. The summed E-state index contributed by atoms with van der Waals surface area (Å²) < 4.78 is 61.8. The number of ether oxygens (including phenoxy) is 1. The summed E-state index contributed by atoms with van der Waals surface area (Å²) in [5, 5.41) is 9.76. The summed E-state index contributed by atoms with van der Waals surface area (Å²) >= 11 is 0. The number of aliphatic carboxylic acids is 1. The van der Waals surface area contributed by atoms with Gasteiger partial charge in [0.05, 0.1) is 17.6 Å². The van der Waals surface area contributed by atoms with Gasteiger partial charge in [-0.15, -0.1) is 0 Å². The van der Waals surface area contributed by atoms with Gasteiger partial charge in [-0.25, -0.2) is 17.6 Å². The van der Waals surface area contributed by atoms with Crippen molar-refractivity contribution in [1.82, 2.24) is 0 Å². The fraction of sp³-hybridized carbons (Fsp3) is 0.526. The first kappa shape index (κ1) is 20.4. The number of carboxylic acid groups (broad SMARTS) is 1. The van der Waals surface area contributed by atoms with Crippen molar-refractivity contribution < 1.29 is 32.2 Å². The number of rotatable bonds is 6. The Kier molecular flexibility index (Phi) is 5.25. The molecule has 1 unspecified atom stereocenters. The van der Waals surface area contributed by atoms with Crippen molar-refractivity contribution in [3.63, 3.8) is 0 Å². The second kappa shape index (κ2) is 6.68. The minimum atomic E-state index is -1.57. The number of halogens is 4. The van der Waals surface area contributed by atoms with Crippen LogP contribution in [0.15, 0.2) is 11.6 Å². The molecule has 26 heavy (non-hydrogen) atoms. The van der Waals surface area contributed by atoms with E-state index in [1.165, 1.54) is 0 Å². The van der Waals surface area contributed by atoms with Crippen LogP contribution in [-0.4, -0.2) is 18.2 Å². The molecular formula is C19H22F4O3. The van der Waals surface area contributed by atoms with E-state index >= 15 is 0 Å². The van der Waals surface area contributed by atoms with E-state index in [4.69, 9.17) is 0 Å². The lowest BCUT2D eigenvalue weighted by Crippen LogP contribution is -2.26. The monoisotopic (exact) mass is 374 g/mol. The number of carbonyl (C=O) groups is 1. The van der Waals surface area contributed by atoms with Gasteiger partial charge in [0.2, 0.25) is 0 Å². The summed E-state index contributed by atoms with van der Waals surface area (Å²) in [5.41, 5.74) is -3.27. The zero-order chi connectivity index (χ0) is 20.0. The van der Waals surface area contributed by atoms with Crippen LogP contribution in [0.1, 0.15) is 38.8 Å². The summed E-state index contributed by atoms with van der Waals surface area (Å²) in [5.74, 6) is -8.03. The van der Waals surface area contributed by atoms with Gasteiger partial charge in [0.1, 0.15) is 0 Å². The minimum Gasteiger partial charge on any atom is -0.481 e. The van der Waals surface area contributed by atoms with E-state index in [-0.39, 0.29) is 0 Å². The Labute approximate surface area is 149 Å². The van der Waals surface area contributed by atoms with Crippen molar-refractivity contribution in [3.05, 3.63) is 46.0 Å². The SMILES string of the molecule is COCc1c(F)c(F)c(C[C@@]2(C(=O)O)C(C=C(C)C)C2(C)C)c(F)c1F. The lowest BCUT2D eigenvalue weighted by molar-refractivity contribution is -0.145. The standard InChI is InChI=1S/C19H22F4O3/c1-9(2)6-12-18(3,4)19(12,17(24)25)7-10-13(20)15(22)11(8-26-5)16(23)14(10)21/h6,12H,7-8H2,1-5H3,(H,24,25)/t12?,19-/m0/s1. The van der Waals surface area contributed by atoms with Crippen LogP contribution in [0.25, 0.3) is 0 Å². The third kappa shape index (κ3) is 2.82. The molecule has 2 atom stereocenters. The zero-order valence-electron chi connectivity index (χ0n) is 15.3. The number of methoxy groups -OCH3 is 1. The van der Waals surface area contributed by atoms with Gasteiger partial charge in [0.15, 0.2) is 23.3 Å². The van der Waals surface area contributed by atoms with E-state index in [2.05, 4.69) is 4.74 Å². The van der Waals surface area contributed by atoms with E-state index in [1.807, 2.05) is 0 Å². The molecule has 1 saturated carbocycles. The zero-order valence-corrected chi connectivity index (χ0v) is 15.3. The third-order valence-electron chi connectivity index (χ3n) is 5.45. The Morgan fingerprint density at radius 3 is 1.92 bits per heavy atom. The van der Waals surface area contributed by atoms with Gasteiger partial charge in [0, 0.05) is 18.6 Å². The van der Waals surface area contributed by atoms with Crippen LogP contribution in [-0.2, 0) is 22.6 Å². The van der Waals surface area contributed by atoms with Gasteiger partial charge in [-0.3, -0.25) is 4.79 Å². The summed E-state index contributed by atoms with van der Waals surface area (Å²) in [7, 11) is 1.14. The number of benzene rings is 1. The first-order chi connectivity index (χ1) is 11.9. The first-order valence-electron chi connectivity index (χ1n) is 8.14. The number of carboxylic acids is 1. The van der Waals surface area contributed by atoms with Gasteiger partial charge in [-0.05, 0) is 25.7 Å². The fourth-order valence-electron chi connectivity index (χ4n) is 3.83. The Morgan fingerprint density at radius 2 is 1.54 bits per heavy atom. The second-order valence-corrected chi connectivity index (χ2v) is 7.54. The molecule has 0 aliphatic heterocycles. The molecule has 0 bridgehead atoms. The molecule has 2 rings (SSSR count). The van der Waals surface area contributed by atoms with Crippen molar-refractivity contribution in [3.8, 4) is 0 Å². The summed E-state index contributed by atoms with van der Waals surface area (Å²) in [6.45, 7) is 6.24. The molecule has 0 heterocycles. The molecule has 0 spiro atoms. The number of hydrogen-bond donors (Lipinski definition) is 1. The topological polar surface area (TPSA) is 46.5 Å². The quantitative estimate of drug-likeness (QED) is 0.449. The Bertz CT molecular complexity index is 752. The van der Waals surface area contributed by atoms with Gasteiger partial charge < -0.3 is 9.84 Å². The molecule has 1 fully saturated rings. The van der Waals surface area contributed by atoms with Crippen molar-refractivity contribution in [2.75, 3.05) is 7.11 Å². The maximum atomic E-state index is 14.4. The first-order valence-corrected chi connectivity index (χ1v) is 8.14. The normalized spacial score (nSPS) is 23.7. The highest BCUT2D eigenvalue weighted by molar-refractivity contribution is 5.82. The van der Waals surface area contributed by atoms with Crippen molar-refractivity contribution in [2.24, 2.45) is 16.7 Å². The van der Waals surface area contributed by atoms with Gasteiger partial charge in [0.25, 0.3) is 0 Å². The average molecular weight is 374 g/mol. The second-order valence-electron chi connectivity index (χ2n) is 7.54. The average Bonchev–Trinajstić information content (AvgIpc) is 3.01. The Hall–Kier alpha value is -1.89. The molecule has 3 nitrogen and oxygen atoms in total. The van der Waals surface area contributed by atoms with Crippen molar-refractivity contribution in [2.45, 2.75) is 40.7 Å². The van der Waals surface area contributed by atoms with Crippen LogP contribution in [0.2, 0.25) is 0 Å².